The fourth-order valence-corrected chi connectivity index (χ4v) is 2.38. The number of rotatable bonds is 9. The predicted molar refractivity (Wildman–Crippen MR) is 95.6 cm³/mol. The first-order valence-electron chi connectivity index (χ1n) is 8.36. The van der Waals surface area contributed by atoms with Crippen LogP contribution < -0.4 is 14.8 Å². The minimum Gasteiger partial charge on any atom is -0.490 e. The van der Waals surface area contributed by atoms with Gasteiger partial charge in [-0.15, -0.1) is 0 Å². The lowest BCUT2D eigenvalue weighted by molar-refractivity contribution is -0.135. The highest BCUT2D eigenvalue weighted by atomic mass is 16.5. The van der Waals surface area contributed by atoms with E-state index in [4.69, 9.17) is 13.9 Å². The maximum Gasteiger partial charge on any atom is 0.262 e. The van der Waals surface area contributed by atoms with Crippen molar-refractivity contribution in [3.63, 3.8) is 0 Å². The number of hydrogen-bond donors (Lipinski definition) is 1. The molecule has 25 heavy (non-hydrogen) atoms. The lowest BCUT2D eigenvalue weighted by Gasteiger charge is -2.20. The normalized spacial score (nSPS) is 11.8. The van der Waals surface area contributed by atoms with Gasteiger partial charge in [-0.05, 0) is 37.6 Å². The van der Waals surface area contributed by atoms with Gasteiger partial charge in [-0.2, -0.15) is 0 Å². The SMILES string of the molecule is CCOc1cc(CNCc2ccoc2)ccc1O[C@@H](C)C(=O)N(C)C. The number of hydrogen-bond acceptors (Lipinski definition) is 5. The highest BCUT2D eigenvalue weighted by Gasteiger charge is 2.18. The average Bonchev–Trinajstić information content (AvgIpc) is 3.09. The van der Waals surface area contributed by atoms with Gasteiger partial charge in [-0.1, -0.05) is 6.07 Å². The molecule has 0 spiro atoms. The number of carbonyl (C=O) groups is 1. The van der Waals surface area contributed by atoms with Crippen LogP contribution in [0.4, 0.5) is 0 Å². The molecule has 1 N–H and O–H groups in total. The van der Waals surface area contributed by atoms with Crippen LogP contribution in [0.2, 0.25) is 0 Å². The van der Waals surface area contributed by atoms with E-state index in [1.165, 1.54) is 4.90 Å². The molecule has 6 nitrogen and oxygen atoms in total. The molecule has 1 aromatic carbocycles. The van der Waals surface area contributed by atoms with Gasteiger partial charge < -0.3 is 24.1 Å². The van der Waals surface area contributed by atoms with Gasteiger partial charge in [-0.25, -0.2) is 0 Å². The predicted octanol–water partition coefficient (Wildman–Crippen LogP) is 2.82. The molecule has 0 saturated heterocycles. The third-order valence-electron chi connectivity index (χ3n) is 3.64. The number of carbonyl (C=O) groups excluding carboxylic acids is 1. The summed E-state index contributed by atoms with van der Waals surface area (Å²) in [5, 5.41) is 3.35. The molecule has 2 aromatic rings. The summed E-state index contributed by atoms with van der Waals surface area (Å²) in [6, 6.07) is 7.68. The summed E-state index contributed by atoms with van der Waals surface area (Å²) in [5.41, 5.74) is 2.17. The topological polar surface area (TPSA) is 63.9 Å². The van der Waals surface area contributed by atoms with Crippen LogP contribution in [-0.4, -0.2) is 37.6 Å². The van der Waals surface area contributed by atoms with E-state index in [9.17, 15) is 4.79 Å². The van der Waals surface area contributed by atoms with Gasteiger partial charge in [-0.3, -0.25) is 4.79 Å². The second kappa shape index (κ2) is 9.13. The van der Waals surface area contributed by atoms with Crippen LogP contribution >= 0.6 is 0 Å². The molecule has 0 radical (unpaired) electrons. The number of amides is 1. The number of nitrogens with zero attached hydrogens (tertiary/aromatic N) is 1. The first-order valence-corrected chi connectivity index (χ1v) is 8.36. The molecule has 1 atom stereocenters. The second-order valence-electron chi connectivity index (χ2n) is 5.94. The molecule has 0 aliphatic carbocycles. The van der Waals surface area contributed by atoms with E-state index < -0.39 is 6.10 Å². The molecule has 1 aromatic heterocycles. The van der Waals surface area contributed by atoms with E-state index in [1.807, 2.05) is 31.2 Å². The van der Waals surface area contributed by atoms with Crippen molar-refractivity contribution in [3.05, 3.63) is 47.9 Å². The molecule has 1 heterocycles. The van der Waals surface area contributed by atoms with Gasteiger partial charge in [0.1, 0.15) is 0 Å². The quantitative estimate of drug-likeness (QED) is 0.756. The van der Waals surface area contributed by atoms with Crippen LogP contribution in [0.5, 0.6) is 11.5 Å². The minimum absolute atomic E-state index is 0.0895. The zero-order chi connectivity index (χ0) is 18.2. The molecule has 0 aliphatic rings. The minimum atomic E-state index is -0.570. The fourth-order valence-electron chi connectivity index (χ4n) is 2.38. The Hall–Kier alpha value is -2.47. The number of benzene rings is 1. The maximum absolute atomic E-state index is 12.0. The van der Waals surface area contributed by atoms with Crippen LogP contribution in [0.1, 0.15) is 25.0 Å². The van der Waals surface area contributed by atoms with E-state index in [1.54, 1.807) is 33.5 Å². The summed E-state index contributed by atoms with van der Waals surface area (Å²) < 4.78 is 16.5. The van der Waals surface area contributed by atoms with E-state index >= 15 is 0 Å². The van der Waals surface area contributed by atoms with Crippen molar-refractivity contribution in [1.29, 1.82) is 0 Å². The Morgan fingerprint density at radius 3 is 2.60 bits per heavy atom. The monoisotopic (exact) mass is 346 g/mol. The number of furan rings is 1. The van der Waals surface area contributed by atoms with Crippen molar-refractivity contribution in [2.24, 2.45) is 0 Å². The molecule has 0 aliphatic heterocycles. The molecular formula is C19H26N2O4. The van der Waals surface area contributed by atoms with Crippen molar-refractivity contribution in [1.82, 2.24) is 10.2 Å². The third kappa shape index (κ3) is 5.53. The maximum atomic E-state index is 12.0. The summed E-state index contributed by atoms with van der Waals surface area (Å²) in [6.07, 6.45) is 2.81. The summed E-state index contributed by atoms with van der Waals surface area (Å²) in [5.74, 6) is 1.12. The molecule has 0 saturated carbocycles. The fraction of sp³-hybridized carbons (Fsp3) is 0.421. The van der Waals surface area contributed by atoms with Gasteiger partial charge in [0.2, 0.25) is 0 Å². The lowest BCUT2D eigenvalue weighted by atomic mass is 10.2. The van der Waals surface area contributed by atoms with Crippen LogP contribution in [0.25, 0.3) is 0 Å². The zero-order valence-electron chi connectivity index (χ0n) is 15.2. The van der Waals surface area contributed by atoms with Crippen molar-refractivity contribution in [2.75, 3.05) is 20.7 Å². The first kappa shape index (κ1) is 18.9. The van der Waals surface area contributed by atoms with Crippen molar-refractivity contribution < 1.29 is 18.7 Å². The summed E-state index contributed by atoms with van der Waals surface area (Å²) in [4.78, 5) is 13.5. The van der Waals surface area contributed by atoms with Crippen LogP contribution in [0, 0.1) is 0 Å². The Morgan fingerprint density at radius 2 is 1.96 bits per heavy atom. The largest absolute Gasteiger partial charge is 0.490 e. The average molecular weight is 346 g/mol. The van der Waals surface area contributed by atoms with E-state index in [0.717, 1.165) is 17.7 Å². The smallest absolute Gasteiger partial charge is 0.262 e. The Labute approximate surface area is 148 Å². The number of ether oxygens (including phenoxy) is 2. The second-order valence-corrected chi connectivity index (χ2v) is 5.94. The van der Waals surface area contributed by atoms with Crippen molar-refractivity contribution in [2.45, 2.75) is 33.0 Å². The third-order valence-corrected chi connectivity index (χ3v) is 3.64. The highest BCUT2D eigenvalue weighted by molar-refractivity contribution is 5.80. The van der Waals surface area contributed by atoms with E-state index in [2.05, 4.69) is 5.32 Å². The molecule has 1 amide bonds. The van der Waals surface area contributed by atoms with Crippen LogP contribution in [0.3, 0.4) is 0 Å². The first-order chi connectivity index (χ1) is 12.0. The highest BCUT2D eigenvalue weighted by Crippen LogP contribution is 2.29. The summed E-state index contributed by atoms with van der Waals surface area (Å²) in [7, 11) is 3.42. The van der Waals surface area contributed by atoms with E-state index in [-0.39, 0.29) is 5.91 Å². The van der Waals surface area contributed by atoms with Gasteiger partial charge in [0.05, 0.1) is 19.1 Å². The Kier molecular flexibility index (Phi) is 6.89. The van der Waals surface area contributed by atoms with Crippen LogP contribution in [0.15, 0.2) is 41.2 Å². The molecular weight excluding hydrogens is 320 g/mol. The van der Waals surface area contributed by atoms with Gasteiger partial charge >= 0.3 is 0 Å². The summed E-state index contributed by atoms with van der Waals surface area (Å²) >= 11 is 0. The van der Waals surface area contributed by atoms with Crippen molar-refractivity contribution >= 4 is 5.91 Å². The van der Waals surface area contributed by atoms with Crippen molar-refractivity contribution in [3.8, 4) is 11.5 Å². The Balaban J connectivity index is 2.01. The molecule has 2 rings (SSSR count). The molecule has 0 unspecified atom stereocenters. The molecule has 6 heteroatoms. The van der Waals surface area contributed by atoms with Gasteiger partial charge in [0, 0.05) is 32.7 Å². The number of likely N-dealkylation sites (N-methyl/N-ethyl adjacent to an activating group) is 1. The molecule has 0 fully saturated rings. The number of nitrogens with one attached hydrogen (secondary N) is 1. The summed E-state index contributed by atoms with van der Waals surface area (Å²) in [6.45, 7) is 5.60. The lowest BCUT2D eigenvalue weighted by Crippen LogP contribution is -2.35. The van der Waals surface area contributed by atoms with E-state index in [0.29, 0.717) is 24.7 Å². The van der Waals surface area contributed by atoms with Gasteiger partial charge in [0.15, 0.2) is 17.6 Å². The molecule has 0 bridgehead atoms. The zero-order valence-corrected chi connectivity index (χ0v) is 15.2. The van der Waals surface area contributed by atoms with Crippen LogP contribution in [-0.2, 0) is 17.9 Å². The standard InChI is InChI=1S/C19H26N2O4/c1-5-24-18-10-15(11-20-12-16-8-9-23-13-16)6-7-17(18)25-14(2)19(22)21(3)4/h6-10,13-14,20H,5,11-12H2,1-4H3/t14-/m0/s1. The Morgan fingerprint density at radius 1 is 1.20 bits per heavy atom. The Bertz CT molecular complexity index is 668. The van der Waals surface area contributed by atoms with Gasteiger partial charge in [0.25, 0.3) is 5.91 Å². The molecule has 136 valence electrons.